The Bertz CT molecular complexity index is 552. The molecule has 3 nitrogen and oxygen atoms in total. The Kier molecular flexibility index (Phi) is 3.55. The molecule has 0 aliphatic heterocycles. The maximum absolute atomic E-state index is 13.5. The lowest BCUT2D eigenvalue weighted by atomic mass is 10.1. The highest BCUT2D eigenvalue weighted by atomic mass is 19.1. The first-order valence-corrected chi connectivity index (χ1v) is 5.93. The molecule has 0 saturated heterocycles. The third-order valence-electron chi connectivity index (χ3n) is 2.71. The van der Waals surface area contributed by atoms with E-state index in [1.54, 1.807) is 24.3 Å². The quantitative estimate of drug-likeness (QED) is 0.904. The van der Waals surface area contributed by atoms with Gasteiger partial charge in [-0.05, 0) is 17.5 Å². The lowest BCUT2D eigenvalue weighted by Gasteiger charge is -2.08. The lowest BCUT2D eigenvalue weighted by molar-refractivity contribution is 0.611. The van der Waals surface area contributed by atoms with Crippen LogP contribution in [0.2, 0.25) is 0 Å². The van der Waals surface area contributed by atoms with E-state index >= 15 is 0 Å². The fourth-order valence-corrected chi connectivity index (χ4v) is 1.73. The molecule has 0 amide bonds. The highest BCUT2D eigenvalue weighted by molar-refractivity contribution is 5.32. The highest BCUT2D eigenvalue weighted by Gasteiger charge is 2.09. The van der Waals surface area contributed by atoms with Gasteiger partial charge in [0, 0.05) is 18.2 Å². The molecule has 0 unspecified atom stereocenters. The highest BCUT2D eigenvalue weighted by Crippen LogP contribution is 2.16. The standard InChI is InChI=1S/C14H16FN3/c1-9(2)12-8-13(16)18-14(17-12)7-10-5-3-4-6-11(10)15/h3-6,8-9H,7H2,1-2H3,(H2,16,17,18). The topological polar surface area (TPSA) is 51.8 Å². The number of hydrogen-bond acceptors (Lipinski definition) is 3. The molecular formula is C14H16FN3. The minimum Gasteiger partial charge on any atom is -0.384 e. The number of hydrogen-bond donors (Lipinski definition) is 1. The molecule has 4 heteroatoms. The van der Waals surface area contributed by atoms with Crippen LogP contribution in [0.4, 0.5) is 10.2 Å². The monoisotopic (exact) mass is 245 g/mol. The van der Waals surface area contributed by atoms with Crippen LogP contribution in [0.25, 0.3) is 0 Å². The summed E-state index contributed by atoms with van der Waals surface area (Å²) in [6.45, 7) is 4.07. The Hall–Kier alpha value is -1.97. The predicted octanol–water partition coefficient (Wildman–Crippen LogP) is 2.91. The second-order valence-corrected chi connectivity index (χ2v) is 4.56. The summed E-state index contributed by atoms with van der Waals surface area (Å²) >= 11 is 0. The molecule has 0 bridgehead atoms. The lowest BCUT2D eigenvalue weighted by Crippen LogP contribution is -2.06. The van der Waals surface area contributed by atoms with Crippen LogP contribution in [0.5, 0.6) is 0 Å². The van der Waals surface area contributed by atoms with E-state index in [9.17, 15) is 4.39 Å². The zero-order valence-electron chi connectivity index (χ0n) is 10.5. The van der Waals surface area contributed by atoms with Gasteiger partial charge in [-0.3, -0.25) is 0 Å². The van der Waals surface area contributed by atoms with Crippen molar-refractivity contribution in [3.05, 3.63) is 53.2 Å². The molecule has 0 radical (unpaired) electrons. The normalized spacial score (nSPS) is 10.9. The minimum atomic E-state index is -0.241. The fourth-order valence-electron chi connectivity index (χ4n) is 1.73. The number of benzene rings is 1. The number of anilines is 1. The number of halogens is 1. The molecule has 0 spiro atoms. The molecule has 2 rings (SSSR count). The van der Waals surface area contributed by atoms with Gasteiger partial charge in [0.2, 0.25) is 0 Å². The second-order valence-electron chi connectivity index (χ2n) is 4.56. The van der Waals surface area contributed by atoms with E-state index in [0.717, 1.165) is 5.69 Å². The third kappa shape index (κ3) is 2.83. The van der Waals surface area contributed by atoms with Crippen molar-refractivity contribution in [3.8, 4) is 0 Å². The van der Waals surface area contributed by atoms with Crippen LogP contribution in [-0.4, -0.2) is 9.97 Å². The molecule has 1 aromatic carbocycles. The van der Waals surface area contributed by atoms with E-state index in [1.165, 1.54) is 6.07 Å². The Morgan fingerprint density at radius 2 is 1.94 bits per heavy atom. The van der Waals surface area contributed by atoms with Gasteiger partial charge in [-0.25, -0.2) is 14.4 Å². The summed E-state index contributed by atoms with van der Waals surface area (Å²) in [4.78, 5) is 8.56. The number of nitrogens with two attached hydrogens (primary N) is 1. The van der Waals surface area contributed by atoms with Gasteiger partial charge in [0.15, 0.2) is 0 Å². The number of nitrogen functional groups attached to an aromatic ring is 1. The molecule has 1 aromatic heterocycles. The van der Waals surface area contributed by atoms with Gasteiger partial charge in [-0.15, -0.1) is 0 Å². The fraction of sp³-hybridized carbons (Fsp3) is 0.286. The van der Waals surface area contributed by atoms with Crippen molar-refractivity contribution in [2.45, 2.75) is 26.2 Å². The van der Waals surface area contributed by atoms with Crippen molar-refractivity contribution in [1.82, 2.24) is 9.97 Å². The van der Waals surface area contributed by atoms with Gasteiger partial charge in [0.05, 0.1) is 0 Å². The van der Waals surface area contributed by atoms with Crippen molar-refractivity contribution in [3.63, 3.8) is 0 Å². The zero-order chi connectivity index (χ0) is 13.1. The second kappa shape index (κ2) is 5.12. The van der Waals surface area contributed by atoms with E-state index in [2.05, 4.69) is 9.97 Å². The summed E-state index contributed by atoms with van der Waals surface area (Å²) in [6.07, 6.45) is 0.359. The summed E-state index contributed by atoms with van der Waals surface area (Å²) in [6, 6.07) is 8.39. The molecule has 94 valence electrons. The molecular weight excluding hydrogens is 229 g/mol. The molecule has 0 aliphatic carbocycles. The van der Waals surface area contributed by atoms with Crippen molar-refractivity contribution < 1.29 is 4.39 Å². The molecule has 18 heavy (non-hydrogen) atoms. The van der Waals surface area contributed by atoms with Crippen molar-refractivity contribution in [2.24, 2.45) is 0 Å². The van der Waals surface area contributed by atoms with E-state index in [4.69, 9.17) is 5.73 Å². The van der Waals surface area contributed by atoms with Crippen molar-refractivity contribution in [2.75, 3.05) is 5.73 Å². The van der Waals surface area contributed by atoms with Gasteiger partial charge < -0.3 is 5.73 Å². The van der Waals surface area contributed by atoms with E-state index in [0.29, 0.717) is 23.6 Å². The largest absolute Gasteiger partial charge is 0.384 e. The van der Waals surface area contributed by atoms with Crippen LogP contribution in [0, 0.1) is 5.82 Å². The zero-order valence-corrected chi connectivity index (χ0v) is 10.5. The summed E-state index contributed by atoms with van der Waals surface area (Å²) in [5.41, 5.74) is 7.21. The molecule has 2 N–H and O–H groups in total. The average molecular weight is 245 g/mol. The van der Waals surface area contributed by atoms with E-state index in [1.807, 2.05) is 13.8 Å². The summed E-state index contributed by atoms with van der Waals surface area (Å²) in [5, 5.41) is 0. The van der Waals surface area contributed by atoms with Gasteiger partial charge >= 0.3 is 0 Å². The van der Waals surface area contributed by atoms with Crippen LogP contribution in [0.1, 0.15) is 36.8 Å². The van der Waals surface area contributed by atoms with Crippen LogP contribution >= 0.6 is 0 Å². The number of nitrogens with zero attached hydrogens (tertiary/aromatic N) is 2. The molecule has 1 heterocycles. The Labute approximate surface area is 106 Å². The summed E-state index contributed by atoms with van der Waals surface area (Å²) in [5.74, 6) is 1.02. The van der Waals surface area contributed by atoms with Crippen molar-refractivity contribution >= 4 is 5.82 Å². The maximum Gasteiger partial charge on any atom is 0.135 e. The first-order valence-electron chi connectivity index (χ1n) is 5.93. The number of rotatable bonds is 3. The SMILES string of the molecule is CC(C)c1cc(N)nc(Cc2ccccc2F)n1. The Morgan fingerprint density at radius 3 is 2.61 bits per heavy atom. The average Bonchev–Trinajstić information content (AvgIpc) is 2.31. The van der Waals surface area contributed by atoms with Crippen LogP contribution in [0.15, 0.2) is 30.3 Å². The molecule has 0 atom stereocenters. The van der Waals surface area contributed by atoms with Gasteiger partial charge in [0.25, 0.3) is 0 Å². The summed E-state index contributed by atoms with van der Waals surface area (Å²) in [7, 11) is 0. The first kappa shape index (κ1) is 12.5. The van der Waals surface area contributed by atoms with Gasteiger partial charge in [-0.2, -0.15) is 0 Å². The van der Waals surface area contributed by atoms with Crippen LogP contribution < -0.4 is 5.73 Å². The molecule has 0 saturated carbocycles. The van der Waals surface area contributed by atoms with Crippen LogP contribution in [-0.2, 0) is 6.42 Å². The third-order valence-corrected chi connectivity index (χ3v) is 2.71. The molecule has 2 aromatic rings. The smallest absolute Gasteiger partial charge is 0.135 e. The van der Waals surface area contributed by atoms with E-state index < -0.39 is 0 Å². The Morgan fingerprint density at radius 1 is 1.22 bits per heavy atom. The van der Waals surface area contributed by atoms with Gasteiger partial charge in [0.1, 0.15) is 17.5 Å². The number of aromatic nitrogens is 2. The molecule has 0 fully saturated rings. The van der Waals surface area contributed by atoms with Gasteiger partial charge in [-0.1, -0.05) is 32.0 Å². The Balaban J connectivity index is 2.32. The van der Waals surface area contributed by atoms with Crippen LogP contribution in [0.3, 0.4) is 0 Å². The maximum atomic E-state index is 13.5. The van der Waals surface area contributed by atoms with E-state index in [-0.39, 0.29) is 11.7 Å². The molecule has 0 aliphatic rings. The predicted molar refractivity (Wildman–Crippen MR) is 69.7 cm³/mol. The summed E-state index contributed by atoms with van der Waals surface area (Å²) < 4.78 is 13.5. The first-order chi connectivity index (χ1) is 8.56. The minimum absolute atomic E-state index is 0.241. The van der Waals surface area contributed by atoms with Crippen molar-refractivity contribution in [1.29, 1.82) is 0 Å².